The van der Waals surface area contributed by atoms with Crippen LogP contribution in [0.25, 0.3) is 6.08 Å². The molecule has 29 heavy (non-hydrogen) atoms. The van der Waals surface area contributed by atoms with Gasteiger partial charge in [0.2, 0.25) is 0 Å². The number of anilines is 1. The number of amides is 1. The summed E-state index contributed by atoms with van der Waals surface area (Å²) in [5, 5.41) is 31.2. The number of carbonyl (C=O) groups is 1. The molecule has 0 saturated carbocycles. The number of ether oxygens (including phenoxy) is 1. The fraction of sp³-hybridized carbons (Fsp3) is 0.545. The number of nitrogens with one attached hydrogen (secondary N) is 1. The highest BCUT2D eigenvalue weighted by Gasteiger charge is 2.27. The van der Waals surface area contributed by atoms with Crippen LogP contribution in [0.15, 0.2) is 29.8 Å². The number of benzene rings is 1. The number of carbonyl (C=O) groups excluding carboxylic acids is 1. The fourth-order valence-corrected chi connectivity index (χ4v) is 3.41. The predicted octanol–water partition coefficient (Wildman–Crippen LogP) is 2.19. The Kier molecular flexibility index (Phi) is 9.13. The normalized spacial score (nSPS) is 22.0. The van der Waals surface area contributed by atoms with E-state index in [4.69, 9.17) is 4.74 Å². The zero-order valence-corrected chi connectivity index (χ0v) is 17.2. The summed E-state index contributed by atoms with van der Waals surface area (Å²) in [4.78, 5) is 14.7. The van der Waals surface area contributed by atoms with Crippen molar-refractivity contribution in [2.75, 3.05) is 24.5 Å². The van der Waals surface area contributed by atoms with Crippen LogP contribution >= 0.6 is 0 Å². The topological polar surface area (TPSA) is 106 Å². The molecule has 0 spiro atoms. The SMILES string of the molecule is CCCN(CCC)c1ccc(/C=C(\C#N)C(=O)NCC2CC(O)CC(O)O2)cc1. The van der Waals surface area contributed by atoms with E-state index in [1.54, 1.807) is 6.08 Å². The molecule has 0 aromatic heterocycles. The molecular formula is C22H31N3O4. The van der Waals surface area contributed by atoms with E-state index in [0.29, 0.717) is 6.42 Å². The summed E-state index contributed by atoms with van der Waals surface area (Å²) in [6, 6.07) is 9.73. The molecule has 7 heteroatoms. The first-order valence-electron chi connectivity index (χ1n) is 10.2. The second kappa shape index (κ2) is 11.6. The van der Waals surface area contributed by atoms with Crippen LogP contribution in [-0.2, 0) is 9.53 Å². The van der Waals surface area contributed by atoms with Gasteiger partial charge < -0.3 is 25.2 Å². The average molecular weight is 402 g/mol. The molecule has 1 fully saturated rings. The lowest BCUT2D eigenvalue weighted by Gasteiger charge is -2.30. The monoisotopic (exact) mass is 401 g/mol. The first kappa shape index (κ1) is 22.9. The number of hydrogen-bond acceptors (Lipinski definition) is 6. The molecular weight excluding hydrogens is 370 g/mol. The van der Waals surface area contributed by atoms with Gasteiger partial charge in [-0.1, -0.05) is 26.0 Å². The minimum absolute atomic E-state index is 0.00590. The van der Waals surface area contributed by atoms with E-state index in [0.717, 1.165) is 37.2 Å². The highest BCUT2D eigenvalue weighted by atomic mass is 16.6. The average Bonchev–Trinajstić information content (AvgIpc) is 2.70. The van der Waals surface area contributed by atoms with Gasteiger partial charge in [-0.25, -0.2) is 0 Å². The first-order valence-corrected chi connectivity index (χ1v) is 10.2. The molecule has 7 nitrogen and oxygen atoms in total. The van der Waals surface area contributed by atoms with Crippen molar-refractivity contribution in [2.24, 2.45) is 0 Å². The van der Waals surface area contributed by atoms with Crippen LogP contribution in [0.4, 0.5) is 5.69 Å². The van der Waals surface area contributed by atoms with Crippen molar-refractivity contribution in [1.29, 1.82) is 5.26 Å². The summed E-state index contributed by atoms with van der Waals surface area (Å²) in [5.74, 6) is -0.506. The van der Waals surface area contributed by atoms with Crippen molar-refractivity contribution in [1.82, 2.24) is 5.32 Å². The van der Waals surface area contributed by atoms with E-state index in [2.05, 4.69) is 24.1 Å². The maximum Gasteiger partial charge on any atom is 0.262 e. The van der Waals surface area contributed by atoms with Crippen LogP contribution in [0.2, 0.25) is 0 Å². The molecule has 1 saturated heterocycles. The number of aliphatic hydroxyl groups is 2. The zero-order chi connectivity index (χ0) is 21.2. The number of nitrogens with zero attached hydrogens (tertiary/aromatic N) is 2. The van der Waals surface area contributed by atoms with Crippen molar-refractivity contribution in [3.05, 3.63) is 35.4 Å². The van der Waals surface area contributed by atoms with Gasteiger partial charge in [0, 0.05) is 38.2 Å². The molecule has 0 bridgehead atoms. The third-order valence-electron chi connectivity index (χ3n) is 4.77. The van der Waals surface area contributed by atoms with Gasteiger partial charge in [-0.05, 0) is 36.6 Å². The first-order chi connectivity index (χ1) is 14.0. The van der Waals surface area contributed by atoms with Crippen molar-refractivity contribution < 1.29 is 19.7 Å². The highest BCUT2D eigenvalue weighted by Crippen LogP contribution is 2.19. The van der Waals surface area contributed by atoms with Gasteiger partial charge in [-0.2, -0.15) is 5.26 Å². The van der Waals surface area contributed by atoms with Gasteiger partial charge in [-0.3, -0.25) is 4.79 Å². The Hall–Kier alpha value is -2.40. The number of rotatable bonds is 9. The molecule has 1 aromatic carbocycles. The van der Waals surface area contributed by atoms with E-state index < -0.39 is 24.4 Å². The van der Waals surface area contributed by atoms with Crippen LogP contribution in [0.3, 0.4) is 0 Å². The molecule has 3 N–H and O–H groups in total. The Morgan fingerprint density at radius 1 is 1.24 bits per heavy atom. The molecule has 1 aliphatic rings. The minimum Gasteiger partial charge on any atom is -0.393 e. The van der Waals surface area contributed by atoms with E-state index in [1.165, 1.54) is 0 Å². The number of aliphatic hydroxyl groups excluding tert-OH is 2. The van der Waals surface area contributed by atoms with Gasteiger partial charge >= 0.3 is 0 Å². The summed E-state index contributed by atoms with van der Waals surface area (Å²) < 4.78 is 5.29. The Bertz CT molecular complexity index is 711. The molecule has 0 radical (unpaired) electrons. The highest BCUT2D eigenvalue weighted by molar-refractivity contribution is 6.01. The third kappa shape index (κ3) is 7.17. The van der Waals surface area contributed by atoms with Gasteiger partial charge in [0.1, 0.15) is 11.6 Å². The number of nitriles is 1. The van der Waals surface area contributed by atoms with Gasteiger partial charge in [0.25, 0.3) is 5.91 Å². The molecule has 3 atom stereocenters. The standard InChI is InChI=1S/C22H31N3O4/c1-3-9-25(10-4-2)18-7-5-16(6-8-18)11-17(14-23)22(28)24-15-20-12-19(26)13-21(27)29-20/h5-8,11,19-21,26-27H,3-4,9-10,12-13,15H2,1-2H3,(H,24,28)/b17-11+. The van der Waals surface area contributed by atoms with E-state index >= 15 is 0 Å². The summed E-state index contributed by atoms with van der Waals surface area (Å²) in [6.45, 7) is 6.39. The van der Waals surface area contributed by atoms with Crippen molar-refractivity contribution in [3.63, 3.8) is 0 Å². The molecule has 3 unspecified atom stereocenters. The summed E-state index contributed by atoms with van der Waals surface area (Å²) in [5.41, 5.74) is 1.89. The summed E-state index contributed by atoms with van der Waals surface area (Å²) in [6.07, 6.45) is 2.00. The Labute approximate surface area is 172 Å². The quantitative estimate of drug-likeness (QED) is 0.433. The van der Waals surface area contributed by atoms with Crippen LogP contribution in [-0.4, -0.2) is 54.3 Å². The van der Waals surface area contributed by atoms with Crippen LogP contribution in [0, 0.1) is 11.3 Å². The lowest BCUT2D eigenvalue weighted by atomic mass is 10.0. The maximum atomic E-state index is 12.3. The molecule has 1 amide bonds. The molecule has 1 aliphatic heterocycles. The van der Waals surface area contributed by atoms with Crippen LogP contribution in [0.1, 0.15) is 45.1 Å². The van der Waals surface area contributed by atoms with Gasteiger partial charge in [0.15, 0.2) is 6.29 Å². The molecule has 1 aromatic rings. The largest absolute Gasteiger partial charge is 0.393 e. The summed E-state index contributed by atoms with van der Waals surface area (Å²) >= 11 is 0. The van der Waals surface area contributed by atoms with Crippen molar-refractivity contribution in [2.45, 2.75) is 58.0 Å². The summed E-state index contributed by atoms with van der Waals surface area (Å²) in [7, 11) is 0. The van der Waals surface area contributed by atoms with Crippen molar-refractivity contribution >= 4 is 17.7 Å². The predicted molar refractivity (Wildman–Crippen MR) is 112 cm³/mol. The second-order valence-electron chi connectivity index (χ2n) is 7.30. The van der Waals surface area contributed by atoms with E-state index in [1.807, 2.05) is 30.3 Å². The van der Waals surface area contributed by atoms with Crippen molar-refractivity contribution in [3.8, 4) is 6.07 Å². The van der Waals surface area contributed by atoms with Crippen LogP contribution in [0.5, 0.6) is 0 Å². The lowest BCUT2D eigenvalue weighted by Crippen LogP contribution is -2.42. The molecule has 158 valence electrons. The smallest absolute Gasteiger partial charge is 0.262 e. The molecule has 0 aliphatic carbocycles. The van der Waals surface area contributed by atoms with Gasteiger partial charge in [-0.15, -0.1) is 0 Å². The number of hydrogen-bond donors (Lipinski definition) is 3. The Morgan fingerprint density at radius 2 is 1.90 bits per heavy atom. The zero-order valence-electron chi connectivity index (χ0n) is 17.2. The lowest BCUT2D eigenvalue weighted by molar-refractivity contribution is -0.187. The third-order valence-corrected chi connectivity index (χ3v) is 4.77. The fourth-order valence-electron chi connectivity index (χ4n) is 3.41. The Balaban J connectivity index is 1.99. The maximum absolute atomic E-state index is 12.3. The van der Waals surface area contributed by atoms with E-state index in [-0.39, 0.29) is 18.5 Å². The molecule has 2 rings (SSSR count). The van der Waals surface area contributed by atoms with E-state index in [9.17, 15) is 20.3 Å². The molecule has 1 heterocycles. The second-order valence-corrected chi connectivity index (χ2v) is 7.30. The van der Waals surface area contributed by atoms with Gasteiger partial charge in [0.05, 0.1) is 12.2 Å². The Morgan fingerprint density at radius 3 is 2.45 bits per heavy atom. The minimum atomic E-state index is -1.04. The van der Waals surface area contributed by atoms with Crippen LogP contribution < -0.4 is 10.2 Å².